The monoisotopic (exact) mass is 233 g/mol. The molecule has 0 amide bonds. The van der Waals surface area contributed by atoms with Gasteiger partial charge in [0.15, 0.2) is 0 Å². The molecule has 0 bridgehead atoms. The summed E-state index contributed by atoms with van der Waals surface area (Å²) in [4.78, 5) is 11.7. The SMILES string of the molecule is COC(=O)C(N)C1(c2ccccc2)CCCC1. The van der Waals surface area contributed by atoms with Gasteiger partial charge in [0.25, 0.3) is 0 Å². The van der Waals surface area contributed by atoms with Crippen molar-refractivity contribution in [2.75, 3.05) is 7.11 Å². The minimum Gasteiger partial charge on any atom is -0.468 e. The van der Waals surface area contributed by atoms with Gasteiger partial charge in [-0.3, -0.25) is 4.79 Å². The normalized spacial score (nSPS) is 19.9. The van der Waals surface area contributed by atoms with Crippen molar-refractivity contribution >= 4 is 5.97 Å². The Morgan fingerprint density at radius 2 is 1.88 bits per heavy atom. The number of hydrogen-bond donors (Lipinski definition) is 1. The third-order valence-corrected chi connectivity index (χ3v) is 3.89. The Kier molecular flexibility index (Phi) is 3.48. The molecule has 3 heteroatoms. The molecule has 0 heterocycles. The van der Waals surface area contributed by atoms with E-state index in [1.165, 1.54) is 7.11 Å². The van der Waals surface area contributed by atoms with E-state index < -0.39 is 6.04 Å². The van der Waals surface area contributed by atoms with Crippen LogP contribution in [0.2, 0.25) is 0 Å². The number of carbonyl (C=O) groups is 1. The number of nitrogens with two attached hydrogens (primary N) is 1. The molecule has 2 N–H and O–H groups in total. The Balaban J connectivity index is 2.36. The highest BCUT2D eigenvalue weighted by atomic mass is 16.5. The lowest BCUT2D eigenvalue weighted by Crippen LogP contribution is -2.49. The van der Waals surface area contributed by atoms with Gasteiger partial charge < -0.3 is 10.5 Å². The van der Waals surface area contributed by atoms with E-state index >= 15 is 0 Å². The van der Waals surface area contributed by atoms with Gasteiger partial charge >= 0.3 is 5.97 Å². The van der Waals surface area contributed by atoms with E-state index in [0.29, 0.717) is 0 Å². The van der Waals surface area contributed by atoms with E-state index in [2.05, 4.69) is 12.1 Å². The fraction of sp³-hybridized carbons (Fsp3) is 0.500. The Hall–Kier alpha value is -1.35. The van der Waals surface area contributed by atoms with Crippen molar-refractivity contribution in [2.45, 2.75) is 37.1 Å². The van der Waals surface area contributed by atoms with E-state index in [-0.39, 0.29) is 11.4 Å². The van der Waals surface area contributed by atoms with E-state index in [1.807, 2.05) is 18.2 Å². The van der Waals surface area contributed by atoms with Crippen molar-refractivity contribution in [3.05, 3.63) is 35.9 Å². The smallest absolute Gasteiger partial charge is 0.323 e. The van der Waals surface area contributed by atoms with Crippen molar-refractivity contribution in [1.29, 1.82) is 0 Å². The lowest BCUT2D eigenvalue weighted by atomic mass is 9.73. The quantitative estimate of drug-likeness (QED) is 0.812. The molecule has 1 fully saturated rings. The van der Waals surface area contributed by atoms with Crippen molar-refractivity contribution < 1.29 is 9.53 Å². The lowest BCUT2D eigenvalue weighted by molar-refractivity contribution is -0.144. The summed E-state index contributed by atoms with van der Waals surface area (Å²) in [6, 6.07) is 9.55. The predicted octanol–water partition coefficient (Wildman–Crippen LogP) is 2.00. The zero-order valence-electron chi connectivity index (χ0n) is 10.2. The third-order valence-electron chi connectivity index (χ3n) is 3.89. The van der Waals surface area contributed by atoms with Crippen molar-refractivity contribution in [1.82, 2.24) is 0 Å². The molecule has 1 saturated carbocycles. The summed E-state index contributed by atoms with van der Waals surface area (Å²) in [5.74, 6) is -0.309. The number of hydrogen-bond acceptors (Lipinski definition) is 3. The molecule has 0 radical (unpaired) electrons. The van der Waals surface area contributed by atoms with E-state index in [9.17, 15) is 4.79 Å². The van der Waals surface area contributed by atoms with Gasteiger partial charge in [0.05, 0.1) is 7.11 Å². The number of ether oxygens (including phenoxy) is 1. The zero-order chi connectivity index (χ0) is 12.3. The number of esters is 1. The fourth-order valence-corrected chi connectivity index (χ4v) is 2.91. The van der Waals surface area contributed by atoms with Crippen LogP contribution in [0.15, 0.2) is 30.3 Å². The van der Waals surface area contributed by atoms with Crippen LogP contribution in [0.25, 0.3) is 0 Å². The molecular weight excluding hydrogens is 214 g/mol. The van der Waals surface area contributed by atoms with Crippen molar-refractivity contribution in [3.8, 4) is 0 Å². The van der Waals surface area contributed by atoms with Gasteiger partial charge in [0.1, 0.15) is 6.04 Å². The summed E-state index contributed by atoms with van der Waals surface area (Å²) in [5.41, 5.74) is 7.06. The molecule has 2 rings (SSSR count). The van der Waals surface area contributed by atoms with E-state index in [1.54, 1.807) is 0 Å². The summed E-state index contributed by atoms with van der Waals surface area (Å²) in [7, 11) is 1.40. The molecular formula is C14H19NO2. The Bertz CT molecular complexity index is 382. The van der Waals surface area contributed by atoms with Crippen molar-refractivity contribution in [2.24, 2.45) is 5.73 Å². The minimum atomic E-state index is -0.558. The lowest BCUT2D eigenvalue weighted by Gasteiger charge is -2.34. The number of carbonyl (C=O) groups excluding carboxylic acids is 1. The molecule has 0 saturated heterocycles. The number of benzene rings is 1. The van der Waals surface area contributed by atoms with Crippen LogP contribution in [-0.4, -0.2) is 19.1 Å². The van der Waals surface area contributed by atoms with Crippen molar-refractivity contribution in [3.63, 3.8) is 0 Å². The fourth-order valence-electron chi connectivity index (χ4n) is 2.91. The standard InChI is InChI=1S/C14H19NO2/c1-17-13(16)12(15)14(9-5-6-10-14)11-7-3-2-4-8-11/h2-4,7-8,12H,5-6,9-10,15H2,1H3. The molecule has 17 heavy (non-hydrogen) atoms. The summed E-state index contributed by atoms with van der Waals surface area (Å²) in [5, 5.41) is 0. The van der Waals surface area contributed by atoms with Gasteiger partial charge in [-0.1, -0.05) is 43.2 Å². The molecule has 1 unspecified atom stereocenters. The largest absolute Gasteiger partial charge is 0.468 e. The molecule has 92 valence electrons. The molecule has 1 aliphatic carbocycles. The second-order valence-corrected chi connectivity index (χ2v) is 4.73. The maximum atomic E-state index is 11.7. The average molecular weight is 233 g/mol. The molecule has 1 aliphatic rings. The van der Waals surface area contributed by atoms with E-state index in [4.69, 9.17) is 10.5 Å². The molecule has 3 nitrogen and oxygen atoms in total. The van der Waals surface area contributed by atoms with Crippen LogP contribution >= 0.6 is 0 Å². The van der Waals surface area contributed by atoms with Gasteiger partial charge in [-0.2, -0.15) is 0 Å². The van der Waals surface area contributed by atoms with Crippen LogP contribution in [0.5, 0.6) is 0 Å². The third kappa shape index (κ3) is 2.07. The molecule has 1 aromatic rings. The average Bonchev–Trinajstić information content (AvgIpc) is 2.88. The summed E-state index contributed by atoms with van der Waals surface area (Å²) < 4.78 is 4.81. The van der Waals surface area contributed by atoms with Gasteiger partial charge in [-0.15, -0.1) is 0 Å². The number of rotatable bonds is 3. The van der Waals surface area contributed by atoms with Crippen LogP contribution in [0.4, 0.5) is 0 Å². The maximum Gasteiger partial charge on any atom is 0.323 e. The molecule has 0 aliphatic heterocycles. The summed E-state index contributed by atoms with van der Waals surface area (Å²) in [6.45, 7) is 0. The van der Waals surface area contributed by atoms with Gasteiger partial charge in [-0.25, -0.2) is 0 Å². The van der Waals surface area contributed by atoms with Gasteiger partial charge in [-0.05, 0) is 18.4 Å². The highest BCUT2D eigenvalue weighted by molar-refractivity contribution is 5.78. The van der Waals surface area contributed by atoms with Crippen LogP contribution in [-0.2, 0) is 14.9 Å². The molecule has 1 aromatic carbocycles. The van der Waals surface area contributed by atoms with Gasteiger partial charge in [0, 0.05) is 5.41 Å². The first-order valence-corrected chi connectivity index (χ1v) is 6.09. The van der Waals surface area contributed by atoms with E-state index in [0.717, 1.165) is 31.2 Å². The Morgan fingerprint density at radius 1 is 1.29 bits per heavy atom. The first-order chi connectivity index (χ1) is 8.20. The molecule has 0 spiro atoms. The molecule has 1 atom stereocenters. The first kappa shape index (κ1) is 12.1. The van der Waals surface area contributed by atoms with Crippen LogP contribution in [0, 0.1) is 0 Å². The summed E-state index contributed by atoms with van der Waals surface area (Å²) in [6.07, 6.45) is 4.18. The van der Waals surface area contributed by atoms with Crippen LogP contribution in [0.1, 0.15) is 31.2 Å². The maximum absolute atomic E-state index is 11.7. The minimum absolute atomic E-state index is 0.228. The summed E-state index contributed by atoms with van der Waals surface area (Å²) >= 11 is 0. The second kappa shape index (κ2) is 4.88. The van der Waals surface area contributed by atoms with Crippen LogP contribution in [0.3, 0.4) is 0 Å². The predicted molar refractivity (Wildman–Crippen MR) is 66.6 cm³/mol. The first-order valence-electron chi connectivity index (χ1n) is 6.09. The highest BCUT2D eigenvalue weighted by Crippen LogP contribution is 2.43. The zero-order valence-corrected chi connectivity index (χ0v) is 10.2. The topological polar surface area (TPSA) is 52.3 Å². The highest BCUT2D eigenvalue weighted by Gasteiger charge is 2.44. The Morgan fingerprint density at radius 3 is 2.41 bits per heavy atom. The molecule has 0 aromatic heterocycles. The Labute approximate surface area is 102 Å². The second-order valence-electron chi connectivity index (χ2n) is 4.73. The van der Waals surface area contributed by atoms with Crippen LogP contribution < -0.4 is 5.73 Å². The van der Waals surface area contributed by atoms with Gasteiger partial charge in [0.2, 0.25) is 0 Å². The number of methoxy groups -OCH3 is 1.